The number of rotatable bonds is 1. The van der Waals surface area contributed by atoms with E-state index in [4.69, 9.17) is 0 Å². The number of halogens is 3. The highest BCUT2D eigenvalue weighted by Crippen LogP contribution is 2.05. The van der Waals surface area contributed by atoms with Crippen molar-refractivity contribution in [3.8, 4) is 0 Å². The molecule has 0 nitrogen and oxygen atoms in total. The van der Waals surface area contributed by atoms with E-state index in [1.165, 1.54) is 0 Å². The summed E-state index contributed by atoms with van der Waals surface area (Å²) >= 11 is 0. The number of hydrogen-bond acceptors (Lipinski definition) is 0. The standard InChI is InChI=1S/C4H5F3/c1-3(2-5)4(6)7/h2,4H,1H3. The van der Waals surface area contributed by atoms with Crippen molar-refractivity contribution in [3.05, 3.63) is 11.9 Å². The molecule has 0 aliphatic carbocycles. The Balaban J connectivity index is 3.56. The molecule has 3 heteroatoms. The van der Waals surface area contributed by atoms with Gasteiger partial charge in [-0.2, -0.15) is 0 Å². The first-order valence-electron chi connectivity index (χ1n) is 1.73. The topological polar surface area (TPSA) is 0 Å². The van der Waals surface area contributed by atoms with Gasteiger partial charge in [-0.05, 0) is 6.92 Å². The Labute approximate surface area is 39.6 Å². The molecule has 0 heterocycles. The maximum absolute atomic E-state index is 11.1. The summed E-state index contributed by atoms with van der Waals surface area (Å²) < 4.78 is 33.2. The van der Waals surface area contributed by atoms with Crippen molar-refractivity contribution in [2.75, 3.05) is 0 Å². The molecule has 0 unspecified atom stereocenters. The summed E-state index contributed by atoms with van der Waals surface area (Å²) in [4.78, 5) is 0. The van der Waals surface area contributed by atoms with Crippen LogP contribution in [0.1, 0.15) is 6.92 Å². The lowest BCUT2D eigenvalue weighted by atomic mass is 10.4. The van der Waals surface area contributed by atoms with E-state index in [0.717, 1.165) is 6.92 Å². The molecule has 7 heavy (non-hydrogen) atoms. The van der Waals surface area contributed by atoms with E-state index in [1.807, 2.05) is 0 Å². The smallest absolute Gasteiger partial charge is 0.215 e. The third-order valence-electron chi connectivity index (χ3n) is 0.516. The third kappa shape index (κ3) is 2.25. The quantitative estimate of drug-likeness (QED) is 0.485. The summed E-state index contributed by atoms with van der Waals surface area (Å²) in [5, 5.41) is 0. The molecule has 0 aromatic heterocycles. The van der Waals surface area contributed by atoms with Crippen molar-refractivity contribution in [1.29, 1.82) is 0 Å². The first-order valence-corrected chi connectivity index (χ1v) is 1.73. The van der Waals surface area contributed by atoms with Crippen LogP contribution in [0.3, 0.4) is 0 Å². The van der Waals surface area contributed by atoms with E-state index >= 15 is 0 Å². The molecule has 0 saturated carbocycles. The van der Waals surface area contributed by atoms with Crippen molar-refractivity contribution in [3.63, 3.8) is 0 Å². The van der Waals surface area contributed by atoms with Gasteiger partial charge in [0.25, 0.3) is 6.43 Å². The Morgan fingerprint density at radius 1 is 1.57 bits per heavy atom. The van der Waals surface area contributed by atoms with E-state index in [1.54, 1.807) is 0 Å². The minimum Gasteiger partial charge on any atom is -0.215 e. The Bertz CT molecular complexity index is 75.0. The SMILES string of the molecule is CC(=CF)C(F)F. The normalized spacial score (nSPS) is 13.0. The van der Waals surface area contributed by atoms with Crippen molar-refractivity contribution in [2.45, 2.75) is 13.3 Å². The van der Waals surface area contributed by atoms with E-state index in [-0.39, 0.29) is 6.33 Å². The zero-order valence-corrected chi connectivity index (χ0v) is 3.79. The Morgan fingerprint density at radius 2 is 2.00 bits per heavy atom. The second-order valence-corrected chi connectivity index (χ2v) is 1.15. The summed E-state index contributed by atoms with van der Waals surface area (Å²) in [5.41, 5.74) is -0.528. The number of alkyl halides is 2. The molecule has 0 fully saturated rings. The van der Waals surface area contributed by atoms with Crippen molar-refractivity contribution in [2.24, 2.45) is 0 Å². The molecular weight excluding hydrogens is 105 g/mol. The van der Waals surface area contributed by atoms with Crippen LogP contribution in [0.2, 0.25) is 0 Å². The monoisotopic (exact) mass is 110 g/mol. The highest BCUT2D eigenvalue weighted by Gasteiger charge is 2.02. The first-order chi connectivity index (χ1) is 3.18. The maximum atomic E-state index is 11.1. The lowest BCUT2D eigenvalue weighted by Crippen LogP contribution is -1.88. The van der Waals surface area contributed by atoms with Crippen molar-refractivity contribution >= 4 is 0 Å². The zero-order valence-electron chi connectivity index (χ0n) is 3.79. The van der Waals surface area contributed by atoms with Crippen LogP contribution in [-0.2, 0) is 0 Å². The minimum absolute atomic E-state index is 0.0926. The molecule has 0 spiro atoms. The average Bonchev–Trinajstić information content (AvgIpc) is 1.65. The highest BCUT2D eigenvalue weighted by molar-refractivity contribution is 4.94. The van der Waals surface area contributed by atoms with Gasteiger partial charge >= 0.3 is 0 Å². The summed E-state index contributed by atoms with van der Waals surface area (Å²) in [5.74, 6) is 0. The molecule has 0 aromatic rings. The van der Waals surface area contributed by atoms with E-state index in [9.17, 15) is 13.2 Å². The van der Waals surface area contributed by atoms with E-state index in [2.05, 4.69) is 0 Å². The molecular formula is C4H5F3. The Morgan fingerprint density at radius 3 is 2.00 bits per heavy atom. The predicted molar refractivity (Wildman–Crippen MR) is 20.9 cm³/mol. The fourth-order valence-electron chi connectivity index (χ4n) is 0.0476. The van der Waals surface area contributed by atoms with Crippen LogP contribution < -0.4 is 0 Å². The van der Waals surface area contributed by atoms with E-state index < -0.39 is 12.0 Å². The second-order valence-electron chi connectivity index (χ2n) is 1.15. The molecule has 42 valence electrons. The Hall–Kier alpha value is -0.470. The van der Waals surface area contributed by atoms with Gasteiger partial charge in [0.05, 0.1) is 6.33 Å². The van der Waals surface area contributed by atoms with Gasteiger partial charge in [0, 0.05) is 5.57 Å². The molecule has 0 atom stereocenters. The van der Waals surface area contributed by atoms with Gasteiger partial charge in [-0.15, -0.1) is 0 Å². The molecule has 0 saturated heterocycles. The first kappa shape index (κ1) is 6.53. The predicted octanol–water partition coefficient (Wildman–Crippen LogP) is 2.12. The zero-order chi connectivity index (χ0) is 5.86. The molecule has 0 radical (unpaired) electrons. The van der Waals surface area contributed by atoms with Crippen LogP contribution in [0, 0.1) is 0 Å². The summed E-state index contributed by atoms with van der Waals surface area (Å²) in [6.45, 7) is 1.03. The number of allylic oxidation sites excluding steroid dienone is 1. The molecule has 0 aliphatic heterocycles. The lowest BCUT2D eigenvalue weighted by Gasteiger charge is -1.90. The molecule has 0 amide bonds. The fourth-order valence-corrected chi connectivity index (χ4v) is 0.0476. The number of hydrogen-bond donors (Lipinski definition) is 0. The van der Waals surface area contributed by atoms with Crippen LogP contribution in [-0.4, -0.2) is 6.43 Å². The highest BCUT2D eigenvalue weighted by atomic mass is 19.3. The van der Waals surface area contributed by atoms with Crippen LogP contribution in [0.25, 0.3) is 0 Å². The van der Waals surface area contributed by atoms with Crippen LogP contribution in [0.5, 0.6) is 0 Å². The molecule has 0 aromatic carbocycles. The van der Waals surface area contributed by atoms with Gasteiger partial charge in [0.2, 0.25) is 0 Å². The van der Waals surface area contributed by atoms with Gasteiger partial charge in [-0.3, -0.25) is 0 Å². The van der Waals surface area contributed by atoms with E-state index in [0.29, 0.717) is 0 Å². The van der Waals surface area contributed by atoms with Gasteiger partial charge in [-0.25, -0.2) is 13.2 Å². The summed E-state index contributed by atoms with van der Waals surface area (Å²) in [6.07, 6.45) is -2.74. The fraction of sp³-hybridized carbons (Fsp3) is 0.500. The second kappa shape index (κ2) is 2.66. The van der Waals surface area contributed by atoms with Crippen molar-refractivity contribution in [1.82, 2.24) is 0 Å². The minimum atomic E-state index is -2.65. The van der Waals surface area contributed by atoms with Gasteiger partial charge in [-0.1, -0.05) is 0 Å². The van der Waals surface area contributed by atoms with Crippen molar-refractivity contribution < 1.29 is 13.2 Å². The average molecular weight is 110 g/mol. The largest absolute Gasteiger partial charge is 0.262 e. The molecule has 0 bridgehead atoms. The van der Waals surface area contributed by atoms with Gasteiger partial charge in [0.1, 0.15) is 0 Å². The van der Waals surface area contributed by atoms with Gasteiger partial charge in [0.15, 0.2) is 0 Å². The summed E-state index contributed by atoms with van der Waals surface area (Å²) in [6, 6.07) is 0. The molecule has 0 N–H and O–H groups in total. The Kier molecular flexibility index (Phi) is 2.48. The molecule has 0 rings (SSSR count). The maximum Gasteiger partial charge on any atom is 0.262 e. The van der Waals surface area contributed by atoms with Crippen LogP contribution >= 0.6 is 0 Å². The summed E-state index contributed by atoms with van der Waals surface area (Å²) in [7, 11) is 0. The van der Waals surface area contributed by atoms with Crippen LogP contribution in [0.15, 0.2) is 11.9 Å². The lowest BCUT2D eigenvalue weighted by molar-refractivity contribution is 0.187. The third-order valence-corrected chi connectivity index (χ3v) is 0.516. The van der Waals surface area contributed by atoms with Gasteiger partial charge < -0.3 is 0 Å². The van der Waals surface area contributed by atoms with Crippen LogP contribution in [0.4, 0.5) is 13.2 Å². The molecule has 0 aliphatic rings.